The zero-order valence-electron chi connectivity index (χ0n) is 9.50. The van der Waals surface area contributed by atoms with E-state index in [1.165, 1.54) is 6.07 Å². The quantitative estimate of drug-likeness (QED) is 0.791. The standard InChI is InChI=1S/C12H16FNO2/c1-8-3-4-10(11(13)5-8)6-9(2)16-12(15)7-14/h3-5,9H,6-7,14H2,1-2H3. The molecule has 3 nitrogen and oxygen atoms in total. The number of hydrogen-bond acceptors (Lipinski definition) is 3. The van der Waals surface area contributed by atoms with Gasteiger partial charge in [-0.1, -0.05) is 12.1 Å². The van der Waals surface area contributed by atoms with Crippen LogP contribution in [0.4, 0.5) is 4.39 Å². The summed E-state index contributed by atoms with van der Waals surface area (Å²) in [6.07, 6.45) is -0.00837. The molecular formula is C12H16FNO2. The fourth-order valence-corrected chi connectivity index (χ4v) is 1.44. The van der Waals surface area contributed by atoms with Gasteiger partial charge in [-0.2, -0.15) is 0 Å². The molecule has 0 radical (unpaired) electrons. The molecule has 0 fully saturated rings. The third kappa shape index (κ3) is 3.62. The van der Waals surface area contributed by atoms with Crippen LogP contribution in [0.1, 0.15) is 18.1 Å². The number of benzene rings is 1. The summed E-state index contributed by atoms with van der Waals surface area (Å²) in [6, 6.07) is 5.00. The Morgan fingerprint density at radius 3 is 2.81 bits per heavy atom. The lowest BCUT2D eigenvalue weighted by atomic mass is 10.1. The highest BCUT2D eigenvalue weighted by molar-refractivity contribution is 5.71. The summed E-state index contributed by atoms with van der Waals surface area (Å²) in [6.45, 7) is 3.39. The van der Waals surface area contributed by atoms with E-state index in [2.05, 4.69) is 0 Å². The van der Waals surface area contributed by atoms with E-state index in [-0.39, 0.29) is 18.5 Å². The number of esters is 1. The highest BCUT2D eigenvalue weighted by Gasteiger charge is 2.11. The predicted octanol–water partition coefficient (Wildman–Crippen LogP) is 1.57. The molecule has 0 aliphatic heterocycles. The minimum Gasteiger partial charge on any atom is -0.461 e. The van der Waals surface area contributed by atoms with Gasteiger partial charge in [0.05, 0.1) is 6.54 Å². The van der Waals surface area contributed by atoms with Crippen molar-refractivity contribution in [3.63, 3.8) is 0 Å². The second-order valence-corrected chi connectivity index (χ2v) is 3.80. The Morgan fingerprint density at radius 1 is 1.56 bits per heavy atom. The van der Waals surface area contributed by atoms with Crippen molar-refractivity contribution in [2.45, 2.75) is 26.4 Å². The smallest absolute Gasteiger partial charge is 0.319 e. The fourth-order valence-electron chi connectivity index (χ4n) is 1.44. The Labute approximate surface area is 94.4 Å². The first-order valence-electron chi connectivity index (χ1n) is 5.17. The van der Waals surface area contributed by atoms with Crippen LogP contribution in [-0.2, 0) is 16.0 Å². The molecule has 0 amide bonds. The molecule has 1 rings (SSSR count). The van der Waals surface area contributed by atoms with Gasteiger partial charge < -0.3 is 10.5 Å². The van der Waals surface area contributed by atoms with E-state index >= 15 is 0 Å². The summed E-state index contributed by atoms with van der Waals surface area (Å²) in [5.41, 5.74) is 6.53. The van der Waals surface area contributed by atoms with Crippen LogP contribution >= 0.6 is 0 Å². The molecular weight excluding hydrogens is 209 g/mol. The molecule has 0 saturated heterocycles. The lowest BCUT2D eigenvalue weighted by molar-refractivity contribution is -0.146. The number of nitrogens with two attached hydrogens (primary N) is 1. The van der Waals surface area contributed by atoms with Gasteiger partial charge in [0.15, 0.2) is 0 Å². The van der Waals surface area contributed by atoms with Crippen molar-refractivity contribution in [2.24, 2.45) is 5.73 Å². The van der Waals surface area contributed by atoms with Gasteiger partial charge in [-0.3, -0.25) is 4.79 Å². The number of carbonyl (C=O) groups excluding carboxylic acids is 1. The lowest BCUT2D eigenvalue weighted by Crippen LogP contribution is -2.23. The molecule has 1 aromatic rings. The van der Waals surface area contributed by atoms with Crippen molar-refractivity contribution >= 4 is 5.97 Å². The van der Waals surface area contributed by atoms with Gasteiger partial charge in [0.1, 0.15) is 11.9 Å². The normalized spacial score (nSPS) is 12.2. The van der Waals surface area contributed by atoms with Crippen LogP contribution in [0.25, 0.3) is 0 Å². The van der Waals surface area contributed by atoms with Gasteiger partial charge in [-0.15, -0.1) is 0 Å². The van der Waals surface area contributed by atoms with Crippen LogP contribution < -0.4 is 5.73 Å². The molecule has 0 saturated carbocycles. The SMILES string of the molecule is Cc1ccc(CC(C)OC(=O)CN)c(F)c1. The van der Waals surface area contributed by atoms with E-state index in [0.717, 1.165) is 5.56 Å². The van der Waals surface area contributed by atoms with E-state index in [1.54, 1.807) is 13.0 Å². The maximum atomic E-state index is 13.5. The molecule has 1 unspecified atom stereocenters. The molecule has 0 heterocycles. The molecule has 1 aromatic carbocycles. The van der Waals surface area contributed by atoms with E-state index in [9.17, 15) is 9.18 Å². The molecule has 4 heteroatoms. The number of carbonyl (C=O) groups is 1. The van der Waals surface area contributed by atoms with Crippen LogP contribution in [0.2, 0.25) is 0 Å². The maximum absolute atomic E-state index is 13.5. The number of ether oxygens (including phenoxy) is 1. The monoisotopic (exact) mass is 225 g/mol. The Hall–Kier alpha value is -1.42. The average molecular weight is 225 g/mol. The van der Waals surface area contributed by atoms with Gasteiger partial charge in [0.2, 0.25) is 0 Å². The number of halogens is 1. The van der Waals surface area contributed by atoms with Gasteiger partial charge in [0, 0.05) is 6.42 Å². The second-order valence-electron chi connectivity index (χ2n) is 3.80. The third-order valence-electron chi connectivity index (χ3n) is 2.22. The summed E-state index contributed by atoms with van der Waals surface area (Å²) >= 11 is 0. The van der Waals surface area contributed by atoms with Gasteiger partial charge >= 0.3 is 5.97 Å². The third-order valence-corrected chi connectivity index (χ3v) is 2.22. The average Bonchev–Trinajstić information content (AvgIpc) is 2.22. The lowest BCUT2D eigenvalue weighted by Gasteiger charge is -2.13. The summed E-state index contributed by atoms with van der Waals surface area (Å²) in [4.78, 5) is 10.9. The predicted molar refractivity (Wildman–Crippen MR) is 59.4 cm³/mol. The second kappa shape index (κ2) is 5.61. The van der Waals surface area contributed by atoms with Crippen molar-refractivity contribution in [3.05, 3.63) is 35.1 Å². The molecule has 0 aliphatic rings. The first-order chi connectivity index (χ1) is 7.52. The minimum atomic E-state index is -0.472. The highest BCUT2D eigenvalue weighted by atomic mass is 19.1. The van der Waals surface area contributed by atoms with Crippen LogP contribution in [0.15, 0.2) is 18.2 Å². The van der Waals surface area contributed by atoms with Gasteiger partial charge in [-0.25, -0.2) is 4.39 Å². The van der Waals surface area contributed by atoms with Gasteiger partial charge in [-0.05, 0) is 31.0 Å². The first kappa shape index (κ1) is 12.6. The van der Waals surface area contributed by atoms with Crippen LogP contribution in [0.5, 0.6) is 0 Å². The zero-order chi connectivity index (χ0) is 12.1. The summed E-state index contributed by atoms with van der Waals surface area (Å²) < 4.78 is 18.4. The Morgan fingerprint density at radius 2 is 2.25 bits per heavy atom. The Balaban J connectivity index is 2.62. The van der Waals surface area contributed by atoms with Crippen molar-refractivity contribution in [2.75, 3.05) is 6.54 Å². The minimum absolute atomic E-state index is 0.152. The van der Waals surface area contributed by atoms with Crippen LogP contribution in [-0.4, -0.2) is 18.6 Å². The number of aryl methyl sites for hydroxylation is 1. The first-order valence-corrected chi connectivity index (χ1v) is 5.17. The largest absolute Gasteiger partial charge is 0.461 e. The molecule has 88 valence electrons. The maximum Gasteiger partial charge on any atom is 0.319 e. The summed E-state index contributed by atoms with van der Waals surface area (Å²) in [5, 5.41) is 0. The zero-order valence-corrected chi connectivity index (χ0v) is 9.50. The Kier molecular flexibility index (Phi) is 4.43. The van der Waals surface area contributed by atoms with Crippen molar-refractivity contribution in [3.8, 4) is 0 Å². The molecule has 16 heavy (non-hydrogen) atoms. The molecule has 1 atom stereocenters. The molecule has 2 N–H and O–H groups in total. The van der Waals surface area contributed by atoms with Crippen LogP contribution in [0.3, 0.4) is 0 Å². The van der Waals surface area contributed by atoms with Crippen molar-refractivity contribution < 1.29 is 13.9 Å². The fraction of sp³-hybridized carbons (Fsp3) is 0.417. The van der Waals surface area contributed by atoms with Crippen LogP contribution in [0, 0.1) is 12.7 Å². The van der Waals surface area contributed by atoms with Crippen molar-refractivity contribution in [1.82, 2.24) is 0 Å². The molecule has 0 aliphatic carbocycles. The molecule has 0 spiro atoms. The van der Waals surface area contributed by atoms with E-state index in [1.807, 2.05) is 13.0 Å². The number of hydrogen-bond donors (Lipinski definition) is 1. The number of rotatable bonds is 4. The topological polar surface area (TPSA) is 52.3 Å². The molecule has 0 bridgehead atoms. The highest BCUT2D eigenvalue weighted by Crippen LogP contribution is 2.13. The Bertz CT molecular complexity index is 379. The van der Waals surface area contributed by atoms with E-state index in [0.29, 0.717) is 12.0 Å². The van der Waals surface area contributed by atoms with E-state index < -0.39 is 5.97 Å². The van der Waals surface area contributed by atoms with E-state index in [4.69, 9.17) is 10.5 Å². The van der Waals surface area contributed by atoms with Gasteiger partial charge in [0.25, 0.3) is 0 Å². The molecule has 0 aromatic heterocycles. The summed E-state index contributed by atoms with van der Waals surface area (Å²) in [7, 11) is 0. The van der Waals surface area contributed by atoms with Crippen molar-refractivity contribution in [1.29, 1.82) is 0 Å². The summed E-state index contributed by atoms with van der Waals surface area (Å²) in [5.74, 6) is -0.740.